The zero-order valence-corrected chi connectivity index (χ0v) is 15.3. The van der Waals surface area contributed by atoms with Crippen molar-refractivity contribution in [1.82, 2.24) is 15.1 Å². The van der Waals surface area contributed by atoms with Crippen LogP contribution in [0.3, 0.4) is 0 Å². The van der Waals surface area contributed by atoms with Crippen molar-refractivity contribution in [2.75, 3.05) is 13.2 Å². The molecule has 0 bridgehead atoms. The molecule has 0 fully saturated rings. The zero-order chi connectivity index (χ0) is 18.8. The summed E-state index contributed by atoms with van der Waals surface area (Å²) >= 11 is 0. The first-order valence-electron chi connectivity index (χ1n) is 8.94. The van der Waals surface area contributed by atoms with Crippen LogP contribution in [0.25, 0.3) is 5.69 Å². The number of hydrogen-bond acceptors (Lipinski definition) is 4. The molecule has 0 aliphatic carbocycles. The number of nitrogens with zero attached hydrogens (tertiary/aromatic N) is 2. The first-order valence-corrected chi connectivity index (χ1v) is 8.94. The van der Waals surface area contributed by atoms with Gasteiger partial charge in [0.1, 0.15) is 13.2 Å². The number of amides is 1. The molecule has 0 saturated carbocycles. The average Bonchev–Trinajstić information content (AvgIpc) is 3.10. The Morgan fingerprint density at radius 2 is 1.81 bits per heavy atom. The van der Waals surface area contributed by atoms with E-state index in [2.05, 4.69) is 10.4 Å². The number of carbonyl (C=O) groups is 1. The van der Waals surface area contributed by atoms with Gasteiger partial charge in [0, 0.05) is 5.69 Å². The van der Waals surface area contributed by atoms with E-state index < -0.39 is 0 Å². The maximum Gasteiger partial charge on any atom is 0.272 e. The van der Waals surface area contributed by atoms with Crippen molar-refractivity contribution in [1.29, 1.82) is 0 Å². The van der Waals surface area contributed by atoms with E-state index in [9.17, 15) is 4.79 Å². The highest BCUT2D eigenvalue weighted by Gasteiger charge is 2.18. The lowest BCUT2D eigenvalue weighted by Crippen LogP contribution is -2.27. The molecule has 2 aromatic carbocycles. The van der Waals surface area contributed by atoms with Crippen molar-refractivity contribution in [2.24, 2.45) is 0 Å². The van der Waals surface area contributed by atoms with E-state index in [1.165, 1.54) is 0 Å². The quantitative estimate of drug-likeness (QED) is 0.771. The molecule has 3 aromatic rings. The molecule has 0 saturated heterocycles. The van der Waals surface area contributed by atoms with E-state index in [1.807, 2.05) is 62.4 Å². The number of fused-ring (bicyclic) bond motifs is 1. The smallest absolute Gasteiger partial charge is 0.272 e. The Kier molecular flexibility index (Phi) is 4.54. The minimum atomic E-state index is -0.213. The maximum atomic E-state index is 12.7. The molecule has 27 heavy (non-hydrogen) atoms. The molecule has 138 valence electrons. The van der Waals surface area contributed by atoms with Crippen LogP contribution in [0.15, 0.2) is 54.6 Å². The van der Waals surface area contributed by atoms with Crippen LogP contribution < -0.4 is 14.8 Å². The Morgan fingerprint density at radius 3 is 2.59 bits per heavy atom. The molecular formula is C21H21N3O3. The summed E-state index contributed by atoms with van der Waals surface area (Å²) in [5.74, 6) is 1.24. The summed E-state index contributed by atoms with van der Waals surface area (Å²) in [6.45, 7) is 4.96. The monoisotopic (exact) mass is 363 g/mol. The summed E-state index contributed by atoms with van der Waals surface area (Å²) < 4.78 is 12.9. The molecule has 1 N–H and O–H groups in total. The van der Waals surface area contributed by atoms with Gasteiger partial charge in [-0.25, -0.2) is 4.68 Å². The van der Waals surface area contributed by atoms with Gasteiger partial charge in [0.25, 0.3) is 5.91 Å². The molecule has 6 nitrogen and oxygen atoms in total. The summed E-state index contributed by atoms with van der Waals surface area (Å²) in [7, 11) is 0. The summed E-state index contributed by atoms with van der Waals surface area (Å²) in [5, 5.41) is 7.46. The molecule has 1 unspecified atom stereocenters. The average molecular weight is 363 g/mol. The minimum absolute atomic E-state index is 0.185. The van der Waals surface area contributed by atoms with Crippen molar-refractivity contribution >= 4 is 5.91 Å². The van der Waals surface area contributed by atoms with Gasteiger partial charge in [-0.3, -0.25) is 4.79 Å². The molecule has 1 atom stereocenters. The second kappa shape index (κ2) is 7.15. The molecule has 1 amide bonds. The van der Waals surface area contributed by atoms with Crippen LogP contribution in [0.1, 0.15) is 34.7 Å². The maximum absolute atomic E-state index is 12.7. The largest absolute Gasteiger partial charge is 0.486 e. The van der Waals surface area contributed by atoms with Crippen LogP contribution in [-0.2, 0) is 0 Å². The van der Waals surface area contributed by atoms with Crippen LogP contribution in [0.5, 0.6) is 11.5 Å². The third kappa shape index (κ3) is 3.51. The summed E-state index contributed by atoms with van der Waals surface area (Å²) in [6.07, 6.45) is 0. The fraction of sp³-hybridized carbons (Fsp3) is 0.238. The highest BCUT2D eigenvalue weighted by Crippen LogP contribution is 2.32. The highest BCUT2D eigenvalue weighted by molar-refractivity contribution is 5.92. The number of rotatable bonds is 4. The Labute approximate surface area is 157 Å². The second-order valence-electron chi connectivity index (χ2n) is 6.52. The van der Waals surface area contributed by atoms with Gasteiger partial charge in [-0.2, -0.15) is 5.10 Å². The molecule has 1 aliphatic rings. The third-order valence-corrected chi connectivity index (χ3v) is 4.53. The van der Waals surface area contributed by atoms with Crippen LogP contribution >= 0.6 is 0 Å². The number of ether oxygens (including phenoxy) is 2. The lowest BCUT2D eigenvalue weighted by Gasteiger charge is -2.21. The van der Waals surface area contributed by atoms with Gasteiger partial charge in [0.2, 0.25) is 0 Å². The van der Waals surface area contributed by atoms with Crippen molar-refractivity contribution in [3.8, 4) is 17.2 Å². The topological polar surface area (TPSA) is 65.4 Å². The van der Waals surface area contributed by atoms with E-state index in [1.54, 1.807) is 10.7 Å². The number of aryl methyl sites for hydroxylation is 1. The molecule has 2 heterocycles. The van der Waals surface area contributed by atoms with Gasteiger partial charge < -0.3 is 14.8 Å². The van der Waals surface area contributed by atoms with E-state index in [0.717, 1.165) is 22.7 Å². The van der Waals surface area contributed by atoms with Crippen LogP contribution in [0, 0.1) is 6.92 Å². The van der Waals surface area contributed by atoms with E-state index in [0.29, 0.717) is 24.7 Å². The summed E-state index contributed by atoms with van der Waals surface area (Å²) in [4.78, 5) is 12.7. The van der Waals surface area contributed by atoms with Crippen molar-refractivity contribution in [2.45, 2.75) is 19.9 Å². The second-order valence-corrected chi connectivity index (χ2v) is 6.52. The number of benzene rings is 2. The first kappa shape index (κ1) is 17.1. The van der Waals surface area contributed by atoms with Gasteiger partial charge in [0.15, 0.2) is 17.2 Å². The van der Waals surface area contributed by atoms with E-state index >= 15 is 0 Å². The van der Waals surface area contributed by atoms with Gasteiger partial charge in [-0.15, -0.1) is 0 Å². The predicted molar refractivity (Wildman–Crippen MR) is 102 cm³/mol. The van der Waals surface area contributed by atoms with Crippen molar-refractivity contribution < 1.29 is 14.3 Å². The van der Waals surface area contributed by atoms with Gasteiger partial charge >= 0.3 is 0 Å². The number of hydrogen-bond donors (Lipinski definition) is 1. The van der Waals surface area contributed by atoms with Crippen LogP contribution in [0.2, 0.25) is 0 Å². The minimum Gasteiger partial charge on any atom is -0.486 e. The molecule has 1 aliphatic heterocycles. The van der Waals surface area contributed by atoms with Gasteiger partial charge in [0.05, 0.1) is 11.7 Å². The Bertz CT molecular complexity index is 966. The standard InChI is InChI=1S/C21H21N3O3/c1-14-12-18(23-24(14)17-6-4-3-5-7-17)21(25)22-15(2)16-8-9-19-20(13-16)27-11-10-26-19/h3-9,12-13,15H,10-11H2,1-2H3,(H,22,25). The number of carbonyl (C=O) groups excluding carboxylic acids is 1. The molecule has 6 heteroatoms. The predicted octanol–water partition coefficient (Wildman–Crippen LogP) is 3.44. The summed E-state index contributed by atoms with van der Waals surface area (Å²) in [6, 6.07) is 17.1. The molecule has 0 spiro atoms. The number of aromatic nitrogens is 2. The lowest BCUT2D eigenvalue weighted by atomic mass is 10.1. The molecular weight excluding hydrogens is 342 g/mol. The van der Waals surface area contributed by atoms with E-state index in [4.69, 9.17) is 9.47 Å². The Balaban J connectivity index is 1.51. The van der Waals surface area contributed by atoms with Crippen molar-refractivity contribution in [3.05, 3.63) is 71.5 Å². The fourth-order valence-electron chi connectivity index (χ4n) is 3.10. The Hall–Kier alpha value is -3.28. The SMILES string of the molecule is Cc1cc(C(=O)NC(C)c2ccc3c(c2)OCCO3)nn1-c1ccccc1. The van der Waals surface area contributed by atoms with Gasteiger partial charge in [-0.05, 0) is 49.7 Å². The van der Waals surface area contributed by atoms with Crippen LogP contribution in [-0.4, -0.2) is 28.9 Å². The highest BCUT2D eigenvalue weighted by atomic mass is 16.6. The van der Waals surface area contributed by atoms with Gasteiger partial charge in [-0.1, -0.05) is 24.3 Å². The number of nitrogens with one attached hydrogen (secondary N) is 1. The Morgan fingerprint density at radius 1 is 1.07 bits per heavy atom. The van der Waals surface area contributed by atoms with E-state index in [-0.39, 0.29) is 11.9 Å². The summed E-state index contributed by atoms with van der Waals surface area (Å²) in [5.41, 5.74) is 3.17. The fourth-order valence-corrected chi connectivity index (χ4v) is 3.10. The van der Waals surface area contributed by atoms with Crippen molar-refractivity contribution in [3.63, 3.8) is 0 Å². The molecule has 4 rings (SSSR count). The molecule has 0 radical (unpaired) electrons. The molecule has 1 aromatic heterocycles. The zero-order valence-electron chi connectivity index (χ0n) is 15.3. The number of para-hydroxylation sites is 1. The normalized spacial score (nSPS) is 13.9. The lowest BCUT2D eigenvalue weighted by molar-refractivity contribution is 0.0934. The first-order chi connectivity index (χ1) is 13.1. The van der Waals surface area contributed by atoms with Crippen LogP contribution in [0.4, 0.5) is 0 Å². The third-order valence-electron chi connectivity index (χ3n) is 4.53.